The van der Waals surface area contributed by atoms with Crippen molar-refractivity contribution >= 4 is 17.9 Å². The minimum atomic E-state index is -0.760. The monoisotopic (exact) mass is 863 g/mol. The van der Waals surface area contributed by atoms with E-state index >= 15 is 0 Å². The molecule has 0 aromatic carbocycles. The molecule has 0 aliphatic rings. The molecule has 0 bridgehead atoms. The van der Waals surface area contributed by atoms with Crippen LogP contribution < -0.4 is 0 Å². The molecule has 0 aromatic heterocycles. The highest BCUT2D eigenvalue weighted by molar-refractivity contribution is 5.71. The largest absolute Gasteiger partial charge is 0.462 e. The zero-order valence-corrected chi connectivity index (χ0v) is 41.6. The van der Waals surface area contributed by atoms with E-state index in [2.05, 4.69) is 27.7 Å². The quantitative estimate of drug-likeness (QED) is 0.0344. The van der Waals surface area contributed by atoms with Crippen molar-refractivity contribution in [3.63, 3.8) is 0 Å². The second-order valence-corrected chi connectivity index (χ2v) is 19.1. The molecule has 6 nitrogen and oxygen atoms in total. The van der Waals surface area contributed by atoms with Crippen molar-refractivity contribution in [1.29, 1.82) is 0 Å². The first-order valence-corrected chi connectivity index (χ1v) is 27.4. The van der Waals surface area contributed by atoms with Gasteiger partial charge < -0.3 is 14.2 Å². The third-order valence-electron chi connectivity index (χ3n) is 12.9. The molecule has 0 amide bonds. The fraction of sp³-hybridized carbons (Fsp3) is 0.945. The van der Waals surface area contributed by atoms with E-state index in [9.17, 15) is 14.4 Å². The van der Waals surface area contributed by atoms with Gasteiger partial charge in [-0.3, -0.25) is 14.4 Å². The maximum Gasteiger partial charge on any atom is 0.306 e. The lowest BCUT2D eigenvalue weighted by Gasteiger charge is -2.18. The lowest BCUT2D eigenvalue weighted by Crippen LogP contribution is -2.30. The molecule has 0 aromatic rings. The fourth-order valence-corrected chi connectivity index (χ4v) is 8.36. The summed E-state index contributed by atoms with van der Waals surface area (Å²) >= 11 is 0. The van der Waals surface area contributed by atoms with Crippen LogP contribution in [0.3, 0.4) is 0 Å². The number of ether oxygens (including phenoxy) is 3. The molecule has 0 saturated heterocycles. The van der Waals surface area contributed by atoms with Gasteiger partial charge in [-0.15, -0.1) is 0 Å². The lowest BCUT2D eigenvalue weighted by molar-refractivity contribution is -0.167. The molecule has 1 unspecified atom stereocenters. The summed E-state index contributed by atoms with van der Waals surface area (Å²) in [7, 11) is 0. The number of carbonyl (C=O) groups excluding carboxylic acids is 3. The second kappa shape index (κ2) is 49.4. The van der Waals surface area contributed by atoms with Crippen molar-refractivity contribution in [2.24, 2.45) is 5.92 Å². The van der Waals surface area contributed by atoms with Gasteiger partial charge in [0.1, 0.15) is 13.2 Å². The molecule has 0 N–H and O–H groups in total. The minimum Gasteiger partial charge on any atom is -0.462 e. The van der Waals surface area contributed by atoms with E-state index in [1.54, 1.807) is 0 Å². The van der Waals surface area contributed by atoms with Gasteiger partial charge in [0, 0.05) is 19.3 Å². The Kier molecular flexibility index (Phi) is 48.1. The number of carbonyl (C=O) groups is 3. The van der Waals surface area contributed by atoms with Crippen molar-refractivity contribution in [2.45, 2.75) is 316 Å². The molecule has 0 heterocycles. The van der Waals surface area contributed by atoms with Crippen LogP contribution in [0.2, 0.25) is 0 Å². The summed E-state index contributed by atoms with van der Waals surface area (Å²) in [6.45, 7) is 9.08. The van der Waals surface area contributed by atoms with E-state index in [4.69, 9.17) is 14.2 Å². The number of rotatable bonds is 50. The van der Waals surface area contributed by atoms with Gasteiger partial charge in [-0.1, -0.05) is 272 Å². The smallest absolute Gasteiger partial charge is 0.306 e. The molecule has 0 fully saturated rings. The first kappa shape index (κ1) is 59.4. The lowest BCUT2D eigenvalue weighted by atomic mass is 9.99. The van der Waals surface area contributed by atoms with Gasteiger partial charge in [-0.25, -0.2) is 0 Å². The van der Waals surface area contributed by atoms with Gasteiger partial charge in [0.05, 0.1) is 0 Å². The third-order valence-corrected chi connectivity index (χ3v) is 12.9. The Labute approximate surface area is 380 Å². The number of unbranched alkanes of at least 4 members (excludes halogenated alkanes) is 36. The SMILES string of the molecule is CCCCCCCCCCCCCCCC(=O)OC[C@@H](COC(=O)CCCCCCCCCCCCCCCCC(C)CC)OC(=O)CCCCCCCCCCCCCC. The molecule has 61 heavy (non-hydrogen) atoms. The van der Waals surface area contributed by atoms with Crippen LogP contribution in [0.5, 0.6) is 0 Å². The number of hydrogen-bond acceptors (Lipinski definition) is 6. The normalized spacial score (nSPS) is 12.4. The van der Waals surface area contributed by atoms with Gasteiger partial charge in [-0.05, 0) is 25.2 Å². The summed E-state index contributed by atoms with van der Waals surface area (Å²) in [4.78, 5) is 38.0. The van der Waals surface area contributed by atoms with E-state index in [-0.39, 0.29) is 31.1 Å². The van der Waals surface area contributed by atoms with Crippen LogP contribution in [-0.4, -0.2) is 37.2 Å². The highest BCUT2D eigenvalue weighted by Gasteiger charge is 2.19. The second-order valence-electron chi connectivity index (χ2n) is 19.1. The predicted octanol–water partition coefficient (Wildman–Crippen LogP) is 17.8. The van der Waals surface area contributed by atoms with Crippen molar-refractivity contribution in [2.75, 3.05) is 13.2 Å². The van der Waals surface area contributed by atoms with Crippen LogP contribution in [0.15, 0.2) is 0 Å². The Morgan fingerprint density at radius 1 is 0.328 bits per heavy atom. The van der Waals surface area contributed by atoms with Crippen molar-refractivity contribution < 1.29 is 28.6 Å². The molecule has 0 aliphatic carbocycles. The average molecular weight is 863 g/mol. The van der Waals surface area contributed by atoms with Crippen LogP contribution in [-0.2, 0) is 28.6 Å². The predicted molar refractivity (Wildman–Crippen MR) is 261 cm³/mol. The van der Waals surface area contributed by atoms with E-state index in [0.717, 1.165) is 63.7 Å². The summed E-state index contributed by atoms with van der Waals surface area (Å²) in [5.74, 6) is 0.0560. The molecule has 2 atom stereocenters. The van der Waals surface area contributed by atoms with Gasteiger partial charge in [0.25, 0.3) is 0 Å². The minimum absolute atomic E-state index is 0.0622. The Bertz CT molecular complexity index is 920. The van der Waals surface area contributed by atoms with Crippen LogP contribution in [0.25, 0.3) is 0 Å². The Morgan fingerprint density at radius 2 is 0.574 bits per heavy atom. The van der Waals surface area contributed by atoms with E-state index in [0.29, 0.717) is 19.3 Å². The fourth-order valence-electron chi connectivity index (χ4n) is 8.36. The molecule has 0 aliphatic heterocycles. The molecule has 0 radical (unpaired) electrons. The molecule has 0 rings (SSSR count). The van der Waals surface area contributed by atoms with Crippen LogP contribution in [0.1, 0.15) is 310 Å². The summed E-state index contributed by atoms with van der Waals surface area (Å²) in [6.07, 6.45) is 52.2. The van der Waals surface area contributed by atoms with E-state index in [1.165, 1.54) is 205 Å². The zero-order chi connectivity index (χ0) is 44.5. The van der Waals surface area contributed by atoms with E-state index < -0.39 is 6.10 Å². The first-order chi connectivity index (χ1) is 29.9. The van der Waals surface area contributed by atoms with Crippen molar-refractivity contribution in [3.05, 3.63) is 0 Å². The number of esters is 3. The molecule has 0 saturated carbocycles. The summed E-state index contributed by atoms with van der Waals surface area (Å²) < 4.78 is 16.8. The van der Waals surface area contributed by atoms with Crippen molar-refractivity contribution in [3.8, 4) is 0 Å². The maximum atomic E-state index is 12.8. The Morgan fingerprint density at radius 3 is 0.852 bits per heavy atom. The van der Waals surface area contributed by atoms with Gasteiger partial charge in [-0.2, -0.15) is 0 Å². The van der Waals surface area contributed by atoms with Crippen LogP contribution in [0.4, 0.5) is 0 Å². The summed E-state index contributed by atoms with van der Waals surface area (Å²) in [5.41, 5.74) is 0. The van der Waals surface area contributed by atoms with E-state index in [1.807, 2.05) is 0 Å². The average Bonchev–Trinajstić information content (AvgIpc) is 3.26. The van der Waals surface area contributed by atoms with Gasteiger partial charge in [0.2, 0.25) is 0 Å². The highest BCUT2D eigenvalue weighted by atomic mass is 16.6. The molecular weight excluding hydrogens is 757 g/mol. The van der Waals surface area contributed by atoms with Gasteiger partial charge >= 0.3 is 17.9 Å². The molecule has 362 valence electrons. The standard InChI is InChI=1S/C55H106O6/c1-5-8-10-12-14-16-18-22-27-30-34-38-42-46-53(56)59-49-52(61-55(58)48-44-40-36-32-26-19-17-15-13-11-9-6-2)50-60-54(57)47-43-39-35-31-28-24-21-20-23-25-29-33-37-41-45-51(4)7-3/h51-52H,5-50H2,1-4H3/t51?,52-/m0/s1. The summed E-state index contributed by atoms with van der Waals surface area (Å²) in [5, 5.41) is 0. The van der Waals surface area contributed by atoms with Crippen LogP contribution >= 0.6 is 0 Å². The number of hydrogen-bond donors (Lipinski definition) is 0. The zero-order valence-electron chi connectivity index (χ0n) is 41.6. The highest BCUT2D eigenvalue weighted by Crippen LogP contribution is 2.18. The third kappa shape index (κ3) is 47.7. The Hall–Kier alpha value is -1.59. The molecular formula is C55H106O6. The Balaban J connectivity index is 4.27. The summed E-state index contributed by atoms with van der Waals surface area (Å²) in [6, 6.07) is 0. The van der Waals surface area contributed by atoms with Crippen LogP contribution in [0, 0.1) is 5.92 Å². The first-order valence-electron chi connectivity index (χ1n) is 27.4. The topological polar surface area (TPSA) is 78.9 Å². The van der Waals surface area contributed by atoms with Gasteiger partial charge in [0.15, 0.2) is 6.10 Å². The maximum absolute atomic E-state index is 12.8. The molecule has 6 heteroatoms. The molecule has 0 spiro atoms. The van der Waals surface area contributed by atoms with Crippen molar-refractivity contribution in [1.82, 2.24) is 0 Å².